The Morgan fingerprint density at radius 1 is 1.15 bits per heavy atom. The van der Waals surface area contributed by atoms with E-state index < -0.39 is 0 Å². The molecule has 1 aromatic carbocycles. The molecule has 27 heavy (non-hydrogen) atoms. The molecule has 0 unspecified atom stereocenters. The molecule has 0 aliphatic rings. The molecular weight excluding hydrogens is 442 g/mol. The van der Waals surface area contributed by atoms with Gasteiger partial charge < -0.3 is 9.72 Å². The molecule has 0 fully saturated rings. The number of hydrogen-bond acceptors (Lipinski definition) is 4. The van der Waals surface area contributed by atoms with Crippen molar-refractivity contribution in [2.45, 2.75) is 17.2 Å². The first-order valence-electron chi connectivity index (χ1n) is 8.35. The van der Waals surface area contributed by atoms with Gasteiger partial charge in [-0.1, -0.05) is 6.07 Å². The van der Waals surface area contributed by atoms with Gasteiger partial charge in [0.1, 0.15) is 5.65 Å². The maximum Gasteiger partial charge on any atom is 0.251 e. The highest BCUT2D eigenvalue weighted by molar-refractivity contribution is 9.11. The van der Waals surface area contributed by atoms with Crippen LogP contribution in [0.1, 0.15) is 20.9 Å². The van der Waals surface area contributed by atoms with Gasteiger partial charge in [-0.25, -0.2) is 4.98 Å². The van der Waals surface area contributed by atoms with Crippen molar-refractivity contribution in [1.82, 2.24) is 14.7 Å². The number of fused-ring (bicyclic) bond motifs is 1. The Morgan fingerprint density at radius 2 is 2.00 bits per heavy atom. The summed E-state index contributed by atoms with van der Waals surface area (Å²) in [5.74, 6) is 0.733. The second-order valence-electron chi connectivity index (χ2n) is 5.90. The zero-order valence-electron chi connectivity index (χ0n) is 14.3. The fraction of sp³-hybridized carbons (Fsp3) is 0.100. The monoisotopic (exact) mass is 457 g/mol. The first kappa shape index (κ1) is 18.3. The van der Waals surface area contributed by atoms with E-state index in [1.165, 1.54) is 0 Å². The van der Waals surface area contributed by atoms with Gasteiger partial charge in [-0.05, 0) is 64.5 Å². The smallest absolute Gasteiger partial charge is 0.251 e. The highest BCUT2D eigenvalue weighted by Gasteiger charge is 2.07. The van der Waals surface area contributed by atoms with Crippen LogP contribution in [0, 0.1) is 0 Å². The van der Waals surface area contributed by atoms with E-state index in [2.05, 4.69) is 26.2 Å². The molecule has 4 aromatic rings. The number of imidazole rings is 1. The predicted octanol–water partition coefficient (Wildman–Crippen LogP) is 5.38. The fourth-order valence-electron chi connectivity index (χ4n) is 2.63. The number of hydrogen-bond donors (Lipinski definition) is 1. The molecule has 0 bridgehead atoms. The minimum atomic E-state index is -0.0589. The van der Waals surface area contributed by atoms with Crippen molar-refractivity contribution in [3.05, 3.63) is 86.9 Å². The lowest BCUT2D eigenvalue weighted by Crippen LogP contribution is -2.22. The minimum absolute atomic E-state index is 0.0589. The average Bonchev–Trinajstić information content (AvgIpc) is 3.30. The normalized spacial score (nSPS) is 11.0. The van der Waals surface area contributed by atoms with Crippen LogP contribution in [0.3, 0.4) is 0 Å². The summed E-state index contributed by atoms with van der Waals surface area (Å²) in [5.41, 5.74) is 2.66. The molecule has 3 heterocycles. The van der Waals surface area contributed by atoms with Gasteiger partial charge in [-0.15, -0.1) is 23.1 Å². The average molecular weight is 458 g/mol. The summed E-state index contributed by atoms with van der Waals surface area (Å²) in [4.78, 5) is 19.1. The summed E-state index contributed by atoms with van der Waals surface area (Å²) >= 11 is 6.77. The van der Waals surface area contributed by atoms with Crippen LogP contribution >= 0.6 is 39.0 Å². The second kappa shape index (κ2) is 8.29. The zero-order valence-corrected chi connectivity index (χ0v) is 17.5. The molecule has 4 nitrogen and oxygen atoms in total. The van der Waals surface area contributed by atoms with Crippen LogP contribution in [0.2, 0.25) is 0 Å². The Morgan fingerprint density at radius 3 is 2.74 bits per heavy atom. The largest absolute Gasteiger partial charge is 0.347 e. The molecule has 0 saturated carbocycles. The van der Waals surface area contributed by atoms with Gasteiger partial charge in [0.15, 0.2) is 0 Å². The number of carbonyl (C=O) groups is 1. The van der Waals surface area contributed by atoms with Crippen molar-refractivity contribution in [2.75, 3.05) is 0 Å². The summed E-state index contributed by atoms with van der Waals surface area (Å²) < 4.78 is 3.09. The van der Waals surface area contributed by atoms with E-state index in [-0.39, 0.29) is 5.91 Å². The Bertz CT molecular complexity index is 1040. The fourth-order valence-corrected chi connectivity index (χ4v) is 4.84. The van der Waals surface area contributed by atoms with E-state index in [0.29, 0.717) is 12.1 Å². The molecule has 1 amide bonds. The van der Waals surface area contributed by atoms with E-state index >= 15 is 0 Å². The van der Waals surface area contributed by atoms with Crippen LogP contribution in [0.15, 0.2) is 75.7 Å². The number of pyridine rings is 1. The summed E-state index contributed by atoms with van der Waals surface area (Å²) in [6, 6.07) is 17.7. The Hall–Kier alpha value is -2.09. The lowest BCUT2D eigenvalue weighted by atomic mass is 10.2. The van der Waals surface area contributed by atoms with Crippen molar-refractivity contribution in [2.24, 2.45) is 0 Å². The van der Waals surface area contributed by atoms with Crippen molar-refractivity contribution in [3.63, 3.8) is 0 Å². The van der Waals surface area contributed by atoms with E-state index in [1.54, 1.807) is 23.1 Å². The van der Waals surface area contributed by atoms with Gasteiger partial charge >= 0.3 is 0 Å². The molecule has 0 spiro atoms. The van der Waals surface area contributed by atoms with Crippen molar-refractivity contribution >= 4 is 50.6 Å². The maximum atomic E-state index is 12.3. The van der Waals surface area contributed by atoms with Crippen molar-refractivity contribution in [1.29, 1.82) is 0 Å². The molecule has 0 saturated heterocycles. The standard InChI is InChI=1S/C20H16BrN3OS2/c21-18-9-8-17(27-18)11-22-20(25)14-4-6-16(7-5-14)26-13-15-12-24-10-2-1-3-19(24)23-15/h1-10,12H,11,13H2,(H,22,25). The van der Waals surface area contributed by atoms with Crippen LogP contribution in [-0.4, -0.2) is 15.3 Å². The third kappa shape index (κ3) is 4.61. The number of halogens is 1. The van der Waals surface area contributed by atoms with Gasteiger partial charge in [0.2, 0.25) is 0 Å². The summed E-state index contributed by atoms with van der Waals surface area (Å²) in [7, 11) is 0. The lowest BCUT2D eigenvalue weighted by Gasteiger charge is -2.05. The van der Waals surface area contributed by atoms with E-state index in [0.717, 1.165) is 30.7 Å². The number of nitrogens with zero attached hydrogens (tertiary/aromatic N) is 2. The predicted molar refractivity (Wildman–Crippen MR) is 114 cm³/mol. The zero-order chi connectivity index (χ0) is 18.6. The number of benzene rings is 1. The molecule has 0 aliphatic carbocycles. The molecule has 4 rings (SSSR count). The summed E-state index contributed by atoms with van der Waals surface area (Å²) in [6.07, 6.45) is 4.05. The minimum Gasteiger partial charge on any atom is -0.347 e. The Labute approximate surface area is 173 Å². The van der Waals surface area contributed by atoms with Crippen LogP contribution in [0.5, 0.6) is 0 Å². The quantitative estimate of drug-likeness (QED) is 0.395. The van der Waals surface area contributed by atoms with Crippen molar-refractivity contribution in [3.8, 4) is 0 Å². The summed E-state index contributed by atoms with van der Waals surface area (Å²) in [5, 5.41) is 2.95. The summed E-state index contributed by atoms with van der Waals surface area (Å²) in [6.45, 7) is 0.541. The van der Waals surface area contributed by atoms with Crippen LogP contribution in [0.4, 0.5) is 0 Å². The van der Waals surface area contributed by atoms with Crippen LogP contribution in [0.25, 0.3) is 5.65 Å². The first-order valence-corrected chi connectivity index (χ1v) is 10.9. The molecule has 136 valence electrons. The molecule has 7 heteroatoms. The number of carbonyl (C=O) groups excluding carboxylic acids is 1. The van der Waals surface area contributed by atoms with Crippen LogP contribution < -0.4 is 5.32 Å². The van der Waals surface area contributed by atoms with E-state index in [4.69, 9.17) is 0 Å². The topological polar surface area (TPSA) is 46.4 Å². The van der Waals surface area contributed by atoms with Gasteiger partial charge in [0.05, 0.1) is 16.0 Å². The number of rotatable bonds is 6. The van der Waals surface area contributed by atoms with E-state index in [9.17, 15) is 4.79 Å². The first-order chi connectivity index (χ1) is 13.2. The van der Waals surface area contributed by atoms with Gasteiger partial charge in [-0.2, -0.15) is 0 Å². The number of aromatic nitrogens is 2. The third-order valence-electron chi connectivity index (χ3n) is 3.97. The molecular formula is C20H16BrN3OS2. The second-order valence-corrected chi connectivity index (χ2v) is 9.50. The highest BCUT2D eigenvalue weighted by atomic mass is 79.9. The number of thioether (sulfide) groups is 1. The third-order valence-corrected chi connectivity index (χ3v) is 6.64. The molecule has 0 atom stereocenters. The lowest BCUT2D eigenvalue weighted by molar-refractivity contribution is 0.0951. The molecule has 1 N–H and O–H groups in total. The highest BCUT2D eigenvalue weighted by Crippen LogP contribution is 2.24. The van der Waals surface area contributed by atoms with Gasteiger partial charge in [-0.3, -0.25) is 4.79 Å². The van der Waals surface area contributed by atoms with Gasteiger partial charge in [0.25, 0.3) is 5.91 Å². The Kier molecular flexibility index (Phi) is 5.61. The van der Waals surface area contributed by atoms with E-state index in [1.807, 2.05) is 71.4 Å². The number of thiophene rings is 1. The molecule has 0 aliphatic heterocycles. The number of nitrogens with one attached hydrogen (secondary N) is 1. The van der Waals surface area contributed by atoms with Crippen LogP contribution in [-0.2, 0) is 12.3 Å². The van der Waals surface area contributed by atoms with Crippen molar-refractivity contribution < 1.29 is 4.79 Å². The van der Waals surface area contributed by atoms with Gasteiger partial charge in [0, 0.05) is 33.5 Å². The Balaban J connectivity index is 1.33. The maximum absolute atomic E-state index is 12.3. The SMILES string of the molecule is O=C(NCc1ccc(Br)s1)c1ccc(SCc2cn3ccccc3n2)cc1. The molecule has 3 aromatic heterocycles. The number of amides is 1. The molecule has 0 radical (unpaired) electrons.